The zero-order valence-electron chi connectivity index (χ0n) is 43.3. The van der Waals surface area contributed by atoms with E-state index in [9.17, 15) is 19.2 Å². The second kappa shape index (κ2) is 18.9. The van der Waals surface area contributed by atoms with Crippen molar-refractivity contribution in [3.05, 3.63) is 59.7 Å². The molecule has 2 aromatic carbocycles. The summed E-state index contributed by atoms with van der Waals surface area (Å²) in [6.07, 6.45) is 16.9. The van der Waals surface area contributed by atoms with E-state index < -0.39 is 5.41 Å². The van der Waals surface area contributed by atoms with Crippen LogP contribution >= 0.6 is 0 Å². The van der Waals surface area contributed by atoms with Crippen molar-refractivity contribution in [3.63, 3.8) is 0 Å². The van der Waals surface area contributed by atoms with Gasteiger partial charge in [0.15, 0.2) is 11.5 Å². The third-order valence-corrected chi connectivity index (χ3v) is 18.9. The first-order valence-electron chi connectivity index (χ1n) is 28.3. The van der Waals surface area contributed by atoms with Gasteiger partial charge in [0.1, 0.15) is 5.41 Å². The summed E-state index contributed by atoms with van der Waals surface area (Å²) in [6.45, 7) is 10.3. The molecule has 9 heterocycles. The van der Waals surface area contributed by atoms with Crippen LogP contribution in [0.2, 0.25) is 0 Å². The molecule has 13 rings (SSSR count). The zero-order valence-corrected chi connectivity index (χ0v) is 43.3. The van der Waals surface area contributed by atoms with E-state index in [4.69, 9.17) is 9.98 Å². The minimum atomic E-state index is -0.692. The molecule has 8 aliphatic heterocycles. The second-order valence-corrected chi connectivity index (χ2v) is 23.8. The van der Waals surface area contributed by atoms with E-state index in [1.807, 2.05) is 18.5 Å². The maximum Gasteiger partial charge on any atom is 0.403 e. The van der Waals surface area contributed by atoms with Crippen LogP contribution in [-0.4, -0.2) is 140 Å². The van der Waals surface area contributed by atoms with Crippen molar-refractivity contribution in [2.45, 2.75) is 152 Å². The highest BCUT2D eigenvalue weighted by Gasteiger charge is 2.60. The molecular weight excluding hydrogens is 929 g/mol. The predicted molar refractivity (Wildman–Crippen MR) is 284 cm³/mol. The fourth-order valence-corrected chi connectivity index (χ4v) is 14.6. The summed E-state index contributed by atoms with van der Waals surface area (Å²) in [7, 11) is 0. The lowest BCUT2D eigenvalue weighted by molar-refractivity contribution is -0.370. The summed E-state index contributed by atoms with van der Waals surface area (Å²) in [5.74, 6) is 1.17. The first-order valence-corrected chi connectivity index (χ1v) is 28.3. The number of aromatic nitrogens is 1. The predicted octanol–water partition coefficient (Wildman–Crippen LogP) is 7.71. The van der Waals surface area contributed by atoms with Crippen LogP contribution in [0.3, 0.4) is 0 Å². The van der Waals surface area contributed by atoms with Crippen LogP contribution in [0.25, 0.3) is 11.3 Å². The number of benzene rings is 2. The number of rotatable bonds is 9. The van der Waals surface area contributed by atoms with Gasteiger partial charge in [-0.15, -0.1) is 4.58 Å². The van der Waals surface area contributed by atoms with Crippen LogP contribution in [0.15, 0.2) is 53.5 Å². The molecule has 3 aromatic rings. The molecule has 2 aliphatic carbocycles. The van der Waals surface area contributed by atoms with Crippen molar-refractivity contribution in [1.82, 2.24) is 25.0 Å². The van der Waals surface area contributed by atoms with Gasteiger partial charge in [-0.05, 0) is 139 Å². The van der Waals surface area contributed by atoms with Gasteiger partial charge in [0.25, 0.3) is 6.34 Å². The Hall–Kier alpha value is -6.09. The van der Waals surface area contributed by atoms with Crippen molar-refractivity contribution in [1.29, 1.82) is 0 Å². The number of aliphatic imine (C=N–C) groups is 1. The van der Waals surface area contributed by atoms with Gasteiger partial charge in [-0.25, -0.2) is 9.78 Å². The zero-order chi connectivity index (χ0) is 50.4. The number of carbonyl (C=O) groups is 5. The molecule has 2 unspecified atom stereocenters. The summed E-state index contributed by atoms with van der Waals surface area (Å²) in [6, 6.07) is 17.4. The van der Waals surface area contributed by atoms with Crippen LogP contribution in [0.5, 0.6) is 0 Å². The van der Waals surface area contributed by atoms with Crippen molar-refractivity contribution >= 4 is 75.9 Å². The lowest BCUT2D eigenvalue weighted by atomic mass is 9.73. The largest absolute Gasteiger partial charge is 0.403 e. The summed E-state index contributed by atoms with van der Waals surface area (Å²) < 4.78 is 4.22. The number of nitrogens with zero attached hydrogens (tertiary/aromatic N) is 8. The van der Waals surface area contributed by atoms with E-state index in [1.54, 1.807) is 0 Å². The van der Waals surface area contributed by atoms with Crippen molar-refractivity contribution < 1.29 is 33.1 Å². The highest BCUT2D eigenvalue weighted by Crippen LogP contribution is 2.51. The Balaban J connectivity index is 0.683. The maximum absolute atomic E-state index is 15.3. The van der Waals surface area contributed by atoms with Crippen LogP contribution in [0, 0.1) is 17.8 Å². The van der Waals surface area contributed by atoms with Gasteiger partial charge in [-0.3, -0.25) is 24.5 Å². The summed E-state index contributed by atoms with van der Waals surface area (Å²) in [5, 5.41) is 6.16. The quantitative estimate of drug-likeness (QED) is 0.162. The minimum Gasteiger partial charge on any atom is -0.371 e. The van der Waals surface area contributed by atoms with Crippen molar-refractivity contribution in [3.8, 4) is 11.3 Å². The van der Waals surface area contributed by atoms with Crippen molar-refractivity contribution in [2.75, 3.05) is 56.0 Å². The first-order chi connectivity index (χ1) is 36.0. The number of amides is 5. The number of nitrogens with one attached hydrogen (secondary N) is 2. The number of hydrogen-bond acceptors (Lipinski definition) is 10. The Kier molecular flexibility index (Phi) is 12.2. The van der Waals surface area contributed by atoms with E-state index in [1.165, 1.54) is 38.1 Å². The summed E-state index contributed by atoms with van der Waals surface area (Å²) >= 11 is 0. The number of pyridine rings is 1. The number of fused-ring (bicyclic) bond motifs is 5. The normalized spacial score (nSPS) is 27.6. The van der Waals surface area contributed by atoms with E-state index in [-0.39, 0.29) is 59.4 Å². The van der Waals surface area contributed by atoms with E-state index in [2.05, 4.69) is 89.6 Å². The standard InChI is InChI=1S/C59H71N10O5/c1-36(2)67-35-60-50-33-49(62-54(53(50)67)61-42-9-10-42)40-8-16-48-51(32-40)69(46-28-37(29-46)34-64-22-4-3-5-23-64)58(74)59(48)20-26-66(27-21-59)56(72)41-30-44-13-14-45(31-41)68(44)57(73)39-18-24-65(25-19-39)43-11-6-38(7-12-43)47-15-17-52(70)63-55(47)71/h6-8,11-12,16,32-33,35,37,39,41-42,44-45,47H,3-5,9-10,13-15,17-31,34H2,1-2H3,(H-,61,62,63,70,71)/q+1/p+1/t37?,41?,44-,45+,47?. The molecule has 74 heavy (non-hydrogen) atoms. The summed E-state index contributed by atoms with van der Waals surface area (Å²) in [4.78, 5) is 87.7. The number of hydrogen-bond donors (Lipinski definition) is 2. The van der Waals surface area contributed by atoms with Gasteiger partial charge in [0.2, 0.25) is 40.7 Å². The molecule has 386 valence electrons. The fourth-order valence-electron chi connectivity index (χ4n) is 14.6. The third-order valence-electron chi connectivity index (χ3n) is 18.9. The van der Waals surface area contributed by atoms with E-state index in [0.29, 0.717) is 63.6 Å². The highest BCUT2D eigenvalue weighted by atomic mass is 16.2. The van der Waals surface area contributed by atoms with Crippen LogP contribution in [-0.2, 0) is 29.4 Å². The number of imide groups is 1. The highest BCUT2D eigenvalue weighted by molar-refractivity contribution is 6.01. The lowest BCUT2D eigenvalue weighted by Crippen LogP contribution is -2.54. The van der Waals surface area contributed by atoms with Crippen LogP contribution in [0.1, 0.15) is 140 Å². The van der Waals surface area contributed by atoms with Crippen LogP contribution in [0.4, 0.5) is 28.6 Å². The molecule has 10 aliphatic rings. The van der Waals surface area contributed by atoms with Gasteiger partial charge in [-0.1, -0.05) is 30.7 Å². The average molecular weight is 1000 g/mol. The maximum atomic E-state index is 15.3. The molecule has 15 heteroatoms. The first kappa shape index (κ1) is 47.6. The Bertz CT molecular complexity index is 2890. The van der Waals surface area contributed by atoms with Crippen molar-refractivity contribution in [2.24, 2.45) is 22.7 Å². The molecular formula is C59H72N10O5+2. The Labute approximate surface area is 434 Å². The van der Waals surface area contributed by atoms with Crippen LogP contribution < -0.4 is 15.5 Å². The molecule has 2 saturated carbocycles. The topological polar surface area (TPSA) is 154 Å². The average Bonchev–Trinajstić information content (AvgIpc) is 3.99. The SMILES string of the molecule is CC(C)=[N+]1C=Nc2cc(-c3ccc4c(c3)[N+](=C3CC(CN5CCCCC5)C3)C(=O)C43CCN(C(=O)C4C[C@H]5CC[C@@H](C4)N5C(=O)C4CCN(c5ccc(C6CCC(=O)NC6=O)cc5)CC4)CC3)nc(NC3CC3)c21. The molecule has 15 nitrogen and oxygen atoms in total. The molecule has 1 spiro atoms. The number of likely N-dealkylation sites (tertiary alicyclic amines) is 2. The molecule has 2 bridgehead atoms. The number of carbonyl (C=O) groups excluding carboxylic acids is 5. The second-order valence-electron chi connectivity index (χ2n) is 23.8. The smallest absolute Gasteiger partial charge is 0.371 e. The molecule has 0 radical (unpaired) electrons. The monoisotopic (exact) mass is 1000 g/mol. The number of piperidine rings is 5. The van der Waals surface area contributed by atoms with Gasteiger partial charge in [0, 0.05) is 111 Å². The van der Waals surface area contributed by atoms with E-state index >= 15 is 4.79 Å². The molecule has 1 aromatic heterocycles. The molecule has 5 amide bonds. The van der Waals surface area contributed by atoms with Gasteiger partial charge >= 0.3 is 5.91 Å². The molecule has 8 fully saturated rings. The Morgan fingerprint density at radius 1 is 0.797 bits per heavy atom. The molecule has 4 atom stereocenters. The van der Waals surface area contributed by atoms with Gasteiger partial charge in [0.05, 0.1) is 17.3 Å². The lowest BCUT2D eigenvalue weighted by Gasteiger charge is -2.44. The molecule has 2 N–H and O–H groups in total. The molecule has 6 saturated heterocycles. The third kappa shape index (κ3) is 8.48. The Morgan fingerprint density at radius 2 is 1.53 bits per heavy atom. The summed E-state index contributed by atoms with van der Waals surface area (Å²) in [5.41, 5.74) is 9.46. The van der Waals surface area contributed by atoms with E-state index in [0.717, 1.165) is 128 Å². The van der Waals surface area contributed by atoms with Gasteiger partial charge < -0.3 is 24.9 Å². The fraction of sp³-hybridized carbons (Fsp3) is 0.576. The minimum absolute atomic E-state index is 0.0285. The number of anilines is 2. The van der Waals surface area contributed by atoms with Gasteiger partial charge in [-0.2, -0.15) is 4.58 Å². The Morgan fingerprint density at radius 3 is 2.22 bits per heavy atom.